The average Bonchev–Trinajstić information content (AvgIpc) is 2.06. The van der Waals surface area contributed by atoms with Gasteiger partial charge in [-0.3, -0.25) is 10.3 Å². The van der Waals surface area contributed by atoms with Crippen molar-refractivity contribution in [1.29, 1.82) is 0 Å². The summed E-state index contributed by atoms with van der Waals surface area (Å²) in [5.74, 6) is 0.173. The fraction of sp³-hybridized carbons (Fsp3) is 0.375. The molecule has 0 aliphatic rings. The highest BCUT2D eigenvalue weighted by Gasteiger charge is 2.03. The Morgan fingerprint density at radius 1 is 1.57 bits per heavy atom. The number of nitrogens with zero attached hydrogens (tertiary/aromatic N) is 2. The smallest absolute Gasteiger partial charge is 0.410 e. The maximum atomic E-state index is 10.2. The van der Waals surface area contributed by atoms with Crippen molar-refractivity contribution in [2.75, 3.05) is 5.32 Å². The van der Waals surface area contributed by atoms with E-state index in [1.807, 2.05) is 0 Å². The van der Waals surface area contributed by atoms with Crippen molar-refractivity contribution in [2.45, 2.75) is 19.4 Å². The third-order valence-electron chi connectivity index (χ3n) is 1.44. The van der Waals surface area contributed by atoms with Crippen LogP contribution in [0.1, 0.15) is 12.6 Å². The summed E-state index contributed by atoms with van der Waals surface area (Å²) >= 11 is 0. The second kappa shape index (κ2) is 4.52. The number of aromatic nitrogens is 2. The number of nitrogens with one attached hydrogen (secondary N) is 1. The molecule has 0 saturated carbocycles. The molecule has 6 nitrogen and oxygen atoms in total. The van der Waals surface area contributed by atoms with Crippen molar-refractivity contribution >= 4 is 11.9 Å². The van der Waals surface area contributed by atoms with E-state index in [4.69, 9.17) is 10.2 Å². The summed E-state index contributed by atoms with van der Waals surface area (Å²) < 4.78 is 0. The summed E-state index contributed by atoms with van der Waals surface area (Å²) in [6.45, 7) is 1.64. The average molecular weight is 197 g/mol. The SMILES string of the molecule is CC(O)Cc1cnc(NC(=O)O)cn1. The van der Waals surface area contributed by atoms with Crippen LogP contribution in [0.3, 0.4) is 0 Å². The molecule has 1 rings (SSSR count). The predicted molar refractivity (Wildman–Crippen MR) is 49.1 cm³/mol. The molecular weight excluding hydrogens is 186 g/mol. The Morgan fingerprint density at radius 2 is 2.29 bits per heavy atom. The van der Waals surface area contributed by atoms with Gasteiger partial charge >= 0.3 is 6.09 Å². The van der Waals surface area contributed by atoms with E-state index in [2.05, 4.69) is 15.3 Å². The molecule has 0 aliphatic heterocycles. The number of hydrogen-bond donors (Lipinski definition) is 3. The summed E-state index contributed by atoms with van der Waals surface area (Å²) in [5.41, 5.74) is 0.621. The summed E-state index contributed by atoms with van der Waals surface area (Å²) in [4.78, 5) is 17.9. The van der Waals surface area contributed by atoms with Gasteiger partial charge < -0.3 is 10.2 Å². The molecule has 1 atom stereocenters. The van der Waals surface area contributed by atoms with Crippen molar-refractivity contribution in [3.63, 3.8) is 0 Å². The van der Waals surface area contributed by atoms with Crippen LogP contribution in [0, 0.1) is 0 Å². The lowest BCUT2D eigenvalue weighted by atomic mass is 10.2. The van der Waals surface area contributed by atoms with E-state index < -0.39 is 12.2 Å². The normalized spacial score (nSPS) is 12.1. The first-order valence-electron chi connectivity index (χ1n) is 4.07. The van der Waals surface area contributed by atoms with Crippen LogP contribution >= 0.6 is 0 Å². The second-order valence-electron chi connectivity index (χ2n) is 2.88. The lowest BCUT2D eigenvalue weighted by Gasteiger charge is -2.03. The second-order valence-corrected chi connectivity index (χ2v) is 2.88. The molecule has 1 unspecified atom stereocenters. The van der Waals surface area contributed by atoms with Crippen LogP contribution < -0.4 is 5.32 Å². The zero-order chi connectivity index (χ0) is 10.6. The molecule has 0 bridgehead atoms. The summed E-state index contributed by atoms with van der Waals surface area (Å²) in [6, 6.07) is 0. The molecule has 0 spiro atoms. The molecule has 3 N–H and O–H groups in total. The standard InChI is InChI=1S/C8H11N3O3/c1-5(12)2-6-3-10-7(4-9-6)11-8(13)14/h3-5,12H,2H2,1H3,(H,10,11)(H,13,14). The Balaban J connectivity index is 2.63. The van der Waals surface area contributed by atoms with E-state index in [1.165, 1.54) is 12.4 Å². The molecular formula is C8H11N3O3. The number of amides is 1. The van der Waals surface area contributed by atoms with Gasteiger partial charge in [-0.2, -0.15) is 0 Å². The molecule has 14 heavy (non-hydrogen) atoms. The van der Waals surface area contributed by atoms with Crippen molar-refractivity contribution in [2.24, 2.45) is 0 Å². The Bertz CT molecular complexity index is 310. The van der Waals surface area contributed by atoms with Gasteiger partial charge in [0.15, 0.2) is 5.82 Å². The van der Waals surface area contributed by atoms with Crippen molar-refractivity contribution < 1.29 is 15.0 Å². The van der Waals surface area contributed by atoms with Gasteiger partial charge in [0.05, 0.1) is 24.2 Å². The first kappa shape index (κ1) is 10.4. The van der Waals surface area contributed by atoms with Crippen LogP contribution in [0.4, 0.5) is 10.6 Å². The van der Waals surface area contributed by atoms with Crippen LogP contribution in [0.25, 0.3) is 0 Å². The highest BCUT2D eigenvalue weighted by molar-refractivity contribution is 5.80. The quantitative estimate of drug-likeness (QED) is 0.655. The fourth-order valence-corrected chi connectivity index (χ4v) is 0.937. The molecule has 0 aromatic carbocycles. The van der Waals surface area contributed by atoms with Crippen molar-refractivity contribution in [3.05, 3.63) is 18.1 Å². The van der Waals surface area contributed by atoms with Gasteiger partial charge in [0.1, 0.15) is 0 Å². The molecule has 0 radical (unpaired) electrons. The highest BCUT2D eigenvalue weighted by atomic mass is 16.4. The van der Waals surface area contributed by atoms with Gasteiger partial charge in [0, 0.05) is 6.42 Å². The zero-order valence-corrected chi connectivity index (χ0v) is 7.64. The zero-order valence-electron chi connectivity index (χ0n) is 7.64. The predicted octanol–water partition coefficient (Wildman–Crippen LogP) is 0.490. The number of carboxylic acid groups (broad SMARTS) is 1. The van der Waals surface area contributed by atoms with E-state index in [1.54, 1.807) is 6.92 Å². The maximum Gasteiger partial charge on any atom is 0.410 e. The maximum absolute atomic E-state index is 10.2. The highest BCUT2D eigenvalue weighted by Crippen LogP contribution is 2.02. The van der Waals surface area contributed by atoms with Crippen LogP contribution in [0.2, 0.25) is 0 Å². The Kier molecular flexibility index (Phi) is 3.35. The minimum atomic E-state index is -1.18. The Labute approximate surface area is 80.6 Å². The molecule has 1 aromatic heterocycles. The van der Waals surface area contributed by atoms with Crippen molar-refractivity contribution in [1.82, 2.24) is 9.97 Å². The van der Waals surface area contributed by atoms with Crippen LogP contribution in [-0.2, 0) is 6.42 Å². The molecule has 1 amide bonds. The van der Waals surface area contributed by atoms with Crippen LogP contribution in [0.15, 0.2) is 12.4 Å². The molecule has 76 valence electrons. The van der Waals surface area contributed by atoms with Gasteiger partial charge in [-0.05, 0) is 6.92 Å². The van der Waals surface area contributed by atoms with Crippen LogP contribution in [-0.4, -0.2) is 32.4 Å². The first-order chi connectivity index (χ1) is 6.58. The molecule has 0 aliphatic carbocycles. The lowest BCUT2D eigenvalue weighted by Crippen LogP contribution is -2.11. The number of hydrogen-bond acceptors (Lipinski definition) is 4. The summed E-state index contributed by atoms with van der Waals surface area (Å²) in [6.07, 6.45) is 1.48. The Hall–Kier alpha value is -1.69. The summed E-state index contributed by atoms with van der Waals surface area (Å²) in [7, 11) is 0. The third-order valence-corrected chi connectivity index (χ3v) is 1.44. The monoisotopic (exact) mass is 197 g/mol. The van der Waals surface area contributed by atoms with Gasteiger partial charge in [-0.15, -0.1) is 0 Å². The topological polar surface area (TPSA) is 95.3 Å². The minimum absolute atomic E-state index is 0.173. The van der Waals surface area contributed by atoms with E-state index in [0.717, 1.165) is 0 Å². The molecule has 1 heterocycles. The van der Waals surface area contributed by atoms with Crippen LogP contribution in [0.5, 0.6) is 0 Å². The number of anilines is 1. The van der Waals surface area contributed by atoms with Crippen molar-refractivity contribution in [3.8, 4) is 0 Å². The molecule has 6 heteroatoms. The number of carbonyl (C=O) groups is 1. The molecule has 0 saturated heterocycles. The van der Waals surface area contributed by atoms with Gasteiger partial charge in [-0.1, -0.05) is 0 Å². The van der Waals surface area contributed by atoms with Gasteiger partial charge in [-0.25, -0.2) is 9.78 Å². The van der Waals surface area contributed by atoms with E-state index in [9.17, 15) is 4.79 Å². The number of aliphatic hydroxyl groups excluding tert-OH is 1. The minimum Gasteiger partial charge on any atom is -0.465 e. The molecule has 0 fully saturated rings. The molecule has 1 aromatic rings. The number of rotatable bonds is 3. The van der Waals surface area contributed by atoms with E-state index in [0.29, 0.717) is 12.1 Å². The summed E-state index contributed by atoms with van der Waals surface area (Å²) in [5, 5.41) is 19.5. The number of aliphatic hydroxyl groups is 1. The van der Waals surface area contributed by atoms with E-state index >= 15 is 0 Å². The van der Waals surface area contributed by atoms with E-state index in [-0.39, 0.29) is 5.82 Å². The first-order valence-corrected chi connectivity index (χ1v) is 4.07. The Morgan fingerprint density at radius 3 is 2.71 bits per heavy atom. The van der Waals surface area contributed by atoms with Gasteiger partial charge in [0.25, 0.3) is 0 Å². The fourth-order valence-electron chi connectivity index (χ4n) is 0.937. The third kappa shape index (κ3) is 3.36. The van der Waals surface area contributed by atoms with Gasteiger partial charge in [0.2, 0.25) is 0 Å². The lowest BCUT2D eigenvalue weighted by molar-refractivity contribution is 0.194. The largest absolute Gasteiger partial charge is 0.465 e.